The van der Waals surface area contributed by atoms with E-state index in [0.717, 1.165) is 10.9 Å². The highest BCUT2D eigenvalue weighted by Gasteiger charge is 2.40. The SMILES string of the molecule is CC(C)CC(C(=O)N1CCOC[C@@H]1C(=O)NC(COc1ccc2ccccc2c1C(=O)O)Cc1ccccc1)N(C)C(=O)OC(C)(C)C. The summed E-state index contributed by atoms with van der Waals surface area (Å²) in [5.74, 6) is -1.65. The predicted molar refractivity (Wildman–Crippen MR) is 182 cm³/mol. The van der Waals surface area contributed by atoms with Gasteiger partial charge in [-0.3, -0.25) is 14.5 Å². The Balaban J connectivity index is 1.57. The standard InChI is InChI=1S/C37H47N3O8/c1-24(2)20-29(39(6)36(45)48-37(3,4)5)34(42)40-18-19-46-23-30(40)33(41)38-27(21-25-12-8-7-9-13-25)22-47-31-17-16-26-14-10-11-15-28(26)32(31)35(43)44/h7-17,24,27,29-30H,18-23H2,1-6H3,(H,38,41)(H,43,44)/t27?,29?,30-/m1/s1. The Bertz CT molecular complexity index is 1590. The maximum atomic E-state index is 14.1. The van der Waals surface area contributed by atoms with Crippen LogP contribution in [0.2, 0.25) is 0 Å². The summed E-state index contributed by atoms with van der Waals surface area (Å²) < 4.78 is 17.3. The van der Waals surface area contributed by atoms with Crippen molar-refractivity contribution in [2.45, 2.75) is 71.2 Å². The third-order valence-electron chi connectivity index (χ3n) is 8.06. The van der Waals surface area contributed by atoms with E-state index in [0.29, 0.717) is 18.2 Å². The minimum atomic E-state index is -1.12. The molecule has 0 saturated carbocycles. The van der Waals surface area contributed by atoms with E-state index < -0.39 is 41.7 Å². The fourth-order valence-corrected chi connectivity index (χ4v) is 5.74. The van der Waals surface area contributed by atoms with E-state index in [2.05, 4.69) is 5.32 Å². The summed E-state index contributed by atoms with van der Waals surface area (Å²) in [6.45, 7) is 9.59. The zero-order valence-corrected chi connectivity index (χ0v) is 28.6. The first-order valence-electron chi connectivity index (χ1n) is 16.3. The van der Waals surface area contributed by atoms with Gasteiger partial charge in [0.25, 0.3) is 0 Å². The number of ether oxygens (including phenoxy) is 3. The summed E-state index contributed by atoms with van der Waals surface area (Å²) >= 11 is 0. The first kappa shape index (κ1) is 36.2. The van der Waals surface area contributed by atoms with Gasteiger partial charge in [0.1, 0.15) is 35.6 Å². The number of fused-ring (bicyclic) bond motifs is 1. The number of amides is 3. The average molecular weight is 662 g/mol. The summed E-state index contributed by atoms with van der Waals surface area (Å²) in [5.41, 5.74) is 0.235. The lowest BCUT2D eigenvalue weighted by Gasteiger charge is -2.39. The molecule has 1 aliphatic rings. The van der Waals surface area contributed by atoms with E-state index in [4.69, 9.17) is 14.2 Å². The topological polar surface area (TPSA) is 135 Å². The molecule has 0 radical (unpaired) electrons. The number of hydrogen-bond donors (Lipinski definition) is 2. The molecule has 0 bridgehead atoms. The first-order valence-corrected chi connectivity index (χ1v) is 16.3. The summed E-state index contributed by atoms with van der Waals surface area (Å²) in [4.78, 5) is 56.2. The molecule has 4 rings (SSSR count). The largest absolute Gasteiger partial charge is 0.491 e. The van der Waals surface area contributed by atoms with Crippen LogP contribution in [0.3, 0.4) is 0 Å². The van der Waals surface area contributed by atoms with Crippen LogP contribution in [-0.2, 0) is 25.5 Å². The minimum absolute atomic E-state index is 0.0190. The molecule has 2 unspecified atom stereocenters. The zero-order valence-electron chi connectivity index (χ0n) is 28.6. The Kier molecular flexibility index (Phi) is 12.0. The summed E-state index contributed by atoms with van der Waals surface area (Å²) in [5, 5.41) is 14.4. The quantitative estimate of drug-likeness (QED) is 0.272. The lowest BCUT2D eigenvalue weighted by atomic mass is 10.00. The molecule has 1 fully saturated rings. The van der Waals surface area contributed by atoms with Crippen molar-refractivity contribution >= 4 is 34.6 Å². The normalized spacial score (nSPS) is 16.2. The Hall–Kier alpha value is -4.64. The van der Waals surface area contributed by atoms with Crippen LogP contribution in [0.15, 0.2) is 66.7 Å². The van der Waals surface area contributed by atoms with Gasteiger partial charge in [0, 0.05) is 13.6 Å². The molecule has 48 heavy (non-hydrogen) atoms. The minimum Gasteiger partial charge on any atom is -0.491 e. The van der Waals surface area contributed by atoms with Gasteiger partial charge >= 0.3 is 12.1 Å². The number of aromatic carboxylic acids is 1. The van der Waals surface area contributed by atoms with Gasteiger partial charge in [-0.05, 0) is 61.9 Å². The summed E-state index contributed by atoms with van der Waals surface area (Å²) in [6.07, 6.45) is 0.148. The van der Waals surface area contributed by atoms with Gasteiger partial charge in [0.05, 0.1) is 19.3 Å². The Labute approximate surface area is 282 Å². The number of carbonyl (C=O) groups excluding carboxylic acids is 3. The number of likely N-dealkylation sites (N-methyl/N-ethyl adjacent to an activating group) is 1. The molecule has 3 aromatic carbocycles. The van der Waals surface area contributed by atoms with Gasteiger partial charge < -0.3 is 29.5 Å². The van der Waals surface area contributed by atoms with E-state index in [-0.39, 0.29) is 49.5 Å². The fraction of sp³-hybridized carbons (Fsp3) is 0.459. The lowest BCUT2D eigenvalue weighted by Crippen LogP contribution is -2.61. The highest BCUT2D eigenvalue weighted by molar-refractivity contribution is 6.06. The molecular weight excluding hydrogens is 614 g/mol. The molecule has 1 saturated heterocycles. The smallest absolute Gasteiger partial charge is 0.410 e. The van der Waals surface area contributed by atoms with Crippen LogP contribution < -0.4 is 10.1 Å². The zero-order chi connectivity index (χ0) is 35.0. The van der Waals surface area contributed by atoms with Crippen molar-refractivity contribution in [1.29, 1.82) is 0 Å². The van der Waals surface area contributed by atoms with Crippen LogP contribution in [-0.4, -0.2) is 95.9 Å². The Morgan fingerprint density at radius 3 is 2.38 bits per heavy atom. The van der Waals surface area contributed by atoms with E-state index in [9.17, 15) is 24.3 Å². The molecule has 3 aromatic rings. The molecule has 2 N–H and O–H groups in total. The molecule has 11 nitrogen and oxygen atoms in total. The third-order valence-corrected chi connectivity index (χ3v) is 8.06. The second kappa shape index (κ2) is 16.0. The number of carboxylic acids is 1. The van der Waals surface area contributed by atoms with E-state index in [1.807, 2.05) is 56.3 Å². The van der Waals surface area contributed by atoms with Gasteiger partial charge in [-0.2, -0.15) is 0 Å². The molecule has 1 heterocycles. The number of carboxylic acid groups (broad SMARTS) is 1. The Morgan fingerprint density at radius 1 is 1.02 bits per heavy atom. The average Bonchev–Trinajstić information content (AvgIpc) is 3.04. The van der Waals surface area contributed by atoms with Crippen LogP contribution >= 0.6 is 0 Å². The van der Waals surface area contributed by atoms with Crippen LogP contribution in [0.4, 0.5) is 4.79 Å². The maximum absolute atomic E-state index is 14.1. The monoisotopic (exact) mass is 661 g/mol. The van der Waals surface area contributed by atoms with Crippen molar-refractivity contribution in [3.8, 4) is 5.75 Å². The molecule has 1 aliphatic heterocycles. The third kappa shape index (κ3) is 9.47. The molecule has 3 atom stereocenters. The molecule has 0 spiro atoms. The van der Waals surface area contributed by atoms with Crippen molar-refractivity contribution in [2.24, 2.45) is 5.92 Å². The predicted octanol–water partition coefficient (Wildman–Crippen LogP) is 5.15. The summed E-state index contributed by atoms with van der Waals surface area (Å²) in [7, 11) is 1.54. The van der Waals surface area contributed by atoms with Gasteiger partial charge in [-0.15, -0.1) is 0 Å². The van der Waals surface area contributed by atoms with Gasteiger partial charge in [0.15, 0.2) is 0 Å². The summed E-state index contributed by atoms with van der Waals surface area (Å²) in [6, 6.07) is 17.8. The molecular formula is C37H47N3O8. The molecule has 258 valence electrons. The van der Waals surface area contributed by atoms with Crippen LogP contribution in [0.5, 0.6) is 5.75 Å². The molecule has 11 heteroatoms. The Morgan fingerprint density at radius 2 is 1.71 bits per heavy atom. The fourth-order valence-electron chi connectivity index (χ4n) is 5.74. The number of hydrogen-bond acceptors (Lipinski definition) is 7. The number of benzene rings is 3. The van der Waals surface area contributed by atoms with Crippen molar-refractivity contribution in [3.63, 3.8) is 0 Å². The van der Waals surface area contributed by atoms with E-state index >= 15 is 0 Å². The maximum Gasteiger partial charge on any atom is 0.410 e. The van der Waals surface area contributed by atoms with Crippen molar-refractivity contribution in [1.82, 2.24) is 15.1 Å². The molecule has 3 amide bonds. The van der Waals surface area contributed by atoms with Crippen LogP contribution in [0.25, 0.3) is 10.8 Å². The number of rotatable bonds is 12. The van der Waals surface area contributed by atoms with Crippen LogP contribution in [0.1, 0.15) is 57.0 Å². The second-order valence-corrected chi connectivity index (χ2v) is 13.5. The van der Waals surface area contributed by atoms with E-state index in [1.165, 1.54) is 9.80 Å². The number of nitrogens with zero attached hydrogens (tertiary/aromatic N) is 2. The first-order chi connectivity index (χ1) is 22.7. The van der Waals surface area contributed by atoms with Crippen LogP contribution in [0, 0.1) is 5.92 Å². The number of morpholine rings is 1. The van der Waals surface area contributed by atoms with Gasteiger partial charge in [-0.25, -0.2) is 9.59 Å². The highest BCUT2D eigenvalue weighted by Crippen LogP contribution is 2.28. The van der Waals surface area contributed by atoms with Crippen molar-refractivity contribution in [2.75, 3.05) is 33.4 Å². The molecule has 0 aromatic heterocycles. The highest BCUT2D eigenvalue weighted by atomic mass is 16.6. The van der Waals surface area contributed by atoms with E-state index in [1.54, 1.807) is 52.1 Å². The van der Waals surface area contributed by atoms with Crippen molar-refractivity contribution in [3.05, 3.63) is 77.9 Å². The lowest BCUT2D eigenvalue weighted by molar-refractivity contribution is -0.152. The second-order valence-electron chi connectivity index (χ2n) is 13.5. The van der Waals surface area contributed by atoms with Gasteiger partial charge in [0.2, 0.25) is 11.8 Å². The van der Waals surface area contributed by atoms with Crippen molar-refractivity contribution < 1.29 is 38.5 Å². The van der Waals surface area contributed by atoms with Gasteiger partial charge in [-0.1, -0.05) is 74.5 Å². The number of carbonyl (C=O) groups is 4. The molecule has 0 aliphatic carbocycles. The number of nitrogens with one attached hydrogen (secondary N) is 1.